The molecule has 1 aromatic rings. The van der Waals surface area contributed by atoms with Crippen molar-refractivity contribution in [3.63, 3.8) is 0 Å². The molecule has 2 saturated heterocycles. The number of aliphatic hydroxyl groups excluding tert-OH is 1. The summed E-state index contributed by atoms with van der Waals surface area (Å²) in [5.41, 5.74) is 2.08. The van der Waals surface area contributed by atoms with Crippen LogP contribution < -0.4 is 10.2 Å². The summed E-state index contributed by atoms with van der Waals surface area (Å²) in [5, 5.41) is 12.8. The molecule has 3 aliphatic rings. The molecule has 2 N–H and O–H groups in total. The number of carbonyl (C=O) groups excluding carboxylic acids is 1. The van der Waals surface area contributed by atoms with Gasteiger partial charge in [-0.3, -0.25) is 0 Å². The molecule has 5 heteroatoms. The summed E-state index contributed by atoms with van der Waals surface area (Å²) < 4.78 is 0. The van der Waals surface area contributed by atoms with E-state index in [1.165, 1.54) is 19.3 Å². The topological polar surface area (TPSA) is 55.8 Å². The SMILES string of the molecule is CC(O)CC1CCCN1C(=O)Nc1ccccc1N1CC2CCC1C2. The third kappa shape index (κ3) is 3.34. The Morgan fingerprint density at radius 1 is 1.32 bits per heavy atom. The molecule has 2 amide bonds. The number of benzene rings is 1. The fraction of sp³-hybridized carbons (Fsp3) is 0.650. The van der Waals surface area contributed by atoms with Crippen LogP contribution in [0.2, 0.25) is 0 Å². The minimum atomic E-state index is -0.370. The molecule has 4 rings (SSSR count). The number of fused-ring (bicyclic) bond motifs is 2. The van der Waals surface area contributed by atoms with E-state index in [1.807, 2.05) is 17.0 Å². The highest BCUT2D eigenvalue weighted by molar-refractivity contribution is 5.93. The molecule has 25 heavy (non-hydrogen) atoms. The molecule has 0 spiro atoms. The zero-order valence-corrected chi connectivity index (χ0v) is 15.0. The minimum absolute atomic E-state index is 0.0278. The van der Waals surface area contributed by atoms with Crippen molar-refractivity contribution in [2.75, 3.05) is 23.3 Å². The zero-order chi connectivity index (χ0) is 17.4. The number of para-hydroxylation sites is 2. The Morgan fingerprint density at radius 3 is 2.88 bits per heavy atom. The highest BCUT2D eigenvalue weighted by Crippen LogP contribution is 2.42. The first-order chi connectivity index (χ1) is 12.1. The smallest absolute Gasteiger partial charge is 0.322 e. The summed E-state index contributed by atoms with van der Waals surface area (Å²) in [6.45, 7) is 3.69. The van der Waals surface area contributed by atoms with E-state index < -0.39 is 0 Å². The van der Waals surface area contributed by atoms with Gasteiger partial charge in [-0.05, 0) is 63.5 Å². The van der Waals surface area contributed by atoms with E-state index in [2.05, 4.69) is 22.3 Å². The molecule has 2 aliphatic heterocycles. The fourth-order valence-corrected chi connectivity index (χ4v) is 4.98. The first-order valence-corrected chi connectivity index (χ1v) is 9.73. The van der Waals surface area contributed by atoms with Gasteiger partial charge in [-0.25, -0.2) is 4.79 Å². The Kier molecular flexibility index (Phi) is 4.59. The van der Waals surface area contributed by atoms with E-state index in [1.54, 1.807) is 6.92 Å². The normalized spacial score (nSPS) is 29.3. The lowest BCUT2D eigenvalue weighted by molar-refractivity contribution is 0.142. The molecule has 5 nitrogen and oxygen atoms in total. The largest absolute Gasteiger partial charge is 0.393 e. The monoisotopic (exact) mass is 343 g/mol. The molecular weight excluding hydrogens is 314 g/mol. The highest BCUT2D eigenvalue weighted by atomic mass is 16.3. The molecule has 0 aromatic heterocycles. The number of likely N-dealkylation sites (tertiary alicyclic amines) is 1. The number of amides is 2. The molecule has 136 valence electrons. The maximum Gasteiger partial charge on any atom is 0.322 e. The molecule has 1 aliphatic carbocycles. The zero-order valence-electron chi connectivity index (χ0n) is 15.0. The van der Waals surface area contributed by atoms with Gasteiger partial charge in [-0.1, -0.05) is 12.1 Å². The molecule has 4 unspecified atom stereocenters. The second-order valence-corrected chi connectivity index (χ2v) is 8.01. The van der Waals surface area contributed by atoms with Crippen molar-refractivity contribution < 1.29 is 9.90 Å². The third-order valence-electron chi connectivity index (χ3n) is 6.12. The predicted octanol–water partition coefficient (Wildman–Crippen LogP) is 3.44. The van der Waals surface area contributed by atoms with Gasteiger partial charge in [0.25, 0.3) is 0 Å². The van der Waals surface area contributed by atoms with Crippen LogP contribution in [0.4, 0.5) is 16.2 Å². The number of nitrogens with one attached hydrogen (secondary N) is 1. The summed E-state index contributed by atoms with van der Waals surface area (Å²) in [6.07, 6.45) is 6.21. The van der Waals surface area contributed by atoms with Gasteiger partial charge in [0.15, 0.2) is 0 Å². The fourth-order valence-electron chi connectivity index (χ4n) is 4.98. The summed E-state index contributed by atoms with van der Waals surface area (Å²) in [4.78, 5) is 17.2. The van der Waals surface area contributed by atoms with Crippen LogP contribution in [-0.4, -0.2) is 47.3 Å². The minimum Gasteiger partial charge on any atom is -0.393 e. The maximum absolute atomic E-state index is 12.8. The lowest BCUT2D eigenvalue weighted by Gasteiger charge is -2.32. The Labute approximate surface area is 150 Å². The van der Waals surface area contributed by atoms with Crippen molar-refractivity contribution in [2.45, 2.75) is 63.6 Å². The number of carbonyl (C=O) groups is 1. The standard InChI is InChI=1S/C20H29N3O2/c1-14(24)11-16-5-4-10-22(16)20(25)21-18-6-2-3-7-19(18)23-13-15-8-9-17(23)12-15/h2-3,6-7,14-17,24H,4-5,8-13H2,1H3,(H,21,25). The molecule has 2 heterocycles. The second-order valence-electron chi connectivity index (χ2n) is 8.01. The predicted molar refractivity (Wildman–Crippen MR) is 100.0 cm³/mol. The second kappa shape index (κ2) is 6.87. The van der Waals surface area contributed by atoms with Crippen LogP contribution >= 0.6 is 0 Å². The van der Waals surface area contributed by atoms with Gasteiger partial charge in [0.2, 0.25) is 0 Å². The van der Waals surface area contributed by atoms with Crippen LogP contribution in [-0.2, 0) is 0 Å². The van der Waals surface area contributed by atoms with E-state index in [4.69, 9.17) is 0 Å². The van der Waals surface area contributed by atoms with Crippen molar-refractivity contribution >= 4 is 17.4 Å². The van der Waals surface area contributed by atoms with Crippen LogP contribution in [0.15, 0.2) is 24.3 Å². The molecule has 4 atom stereocenters. The average molecular weight is 343 g/mol. The third-order valence-corrected chi connectivity index (χ3v) is 6.12. The van der Waals surface area contributed by atoms with Crippen LogP contribution in [0.3, 0.4) is 0 Å². The van der Waals surface area contributed by atoms with E-state index >= 15 is 0 Å². The van der Waals surface area contributed by atoms with Crippen LogP contribution in [0.1, 0.15) is 45.4 Å². The Bertz CT molecular complexity index is 633. The van der Waals surface area contributed by atoms with Crippen molar-refractivity contribution in [1.29, 1.82) is 0 Å². The Morgan fingerprint density at radius 2 is 2.16 bits per heavy atom. The number of hydrogen-bond acceptors (Lipinski definition) is 3. The molecule has 0 radical (unpaired) electrons. The summed E-state index contributed by atoms with van der Waals surface area (Å²) >= 11 is 0. The highest BCUT2D eigenvalue weighted by Gasteiger charge is 2.38. The number of nitrogens with zero attached hydrogens (tertiary/aromatic N) is 2. The Balaban J connectivity index is 1.48. The Hall–Kier alpha value is -1.75. The number of aliphatic hydroxyl groups is 1. The van der Waals surface area contributed by atoms with Gasteiger partial charge in [-0.2, -0.15) is 0 Å². The molecule has 2 bridgehead atoms. The van der Waals surface area contributed by atoms with E-state index in [0.29, 0.717) is 12.5 Å². The lowest BCUT2D eigenvalue weighted by Crippen LogP contribution is -2.40. The molecular formula is C20H29N3O2. The van der Waals surface area contributed by atoms with Crippen molar-refractivity contribution in [1.82, 2.24) is 4.90 Å². The first-order valence-electron chi connectivity index (χ1n) is 9.73. The van der Waals surface area contributed by atoms with E-state index in [9.17, 15) is 9.90 Å². The van der Waals surface area contributed by atoms with Crippen LogP contribution in [0.25, 0.3) is 0 Å². The first kappa shape index (κ1) is 16.7. The number of urea groups is 1. The van der Waals surface area contributed by atoms with Gasteiger partial charge in [0.1, 0.15) is 0 Å². The summed E-state index contributed by atoms with van der Waals surface area (Å²) in [5.74, 6) is 0.822. The molecule has 1 saturated carbocycles. The number of hydrogen-bond donors (Lipinski definition) is 2. The molecule has 3 fully saturated rings. The van der Waals surface area contributed by atoms with Gasteiger partial charge >= 0.3 is 6.03 Å². The van der Waals surface area contributed by atoms with E-state index in [0.717, 1.165) is 43.2 Å². The number of anilines is 2. The quantitative estimate of drug-likeness (QED) is 0.880. The summed E-state index contributed by atoms with van der Waals surface area (Å²) in [6, 6.07) is 8.95. The van der Waals surface area contributed by atoms with Crippen molar-refractivity contribution in [2.24, 2.45) is 5.92 Å². The van der Waals surface area contributed by atoms with Crippen LogP contribution in [0, 0.1) is 5.92 Å². The number of piperidine rings is 1. The van der Waals surface area contributed by atoms with Gasteiger partial charge in [0.05, 0.1) is 17.5 Å². The van der Waals surface area contributed by atoms with Crippen LogP contribution in [0.5, 0.6) is 0 Å². The molecule has 1 aromatic carbocycles. The summed E-state index contributed by atoms with van der Waals surface area (Å²) in [7, 11) is 0. The van der Waals surface area contributed by atoms with Crippen molar-refractivity contribution in [3.8, 4) is 0 Å². The van der Waals surface area contributed by atoms with Crippen molar-refractivity contribution in [3.05, 3.63) is 24.3 Å². The average Bonchev–Trinajstić information content (AvgIpc) is 3.31. The lowest BCUT2D eigenvalue weighted by atomic mass is 10.1. The van der Waals surface area contributed by atoms with E-state index in [-0.39, 0.29) is 18.2 Å². The van der Waals surface area contributed by atoms with Gasteiger partial charge in [-0.15, -0.1) is 0 Å². The van der Waals surface area contributed by atoms with Gasteiger partial charge in [0, 0.05) is 25.2 Å². The van der Waals surface area contributed by atoms with Gasteiger partial charge < -0.3 is 20.2 Å². The maximum atomic E-state index is 12.8. The number of rotatable bonds is 4.